The summed E-state index contributed by atoms with van der Waals surface area (Å²) in [6.45, 7) is 2.60. The van der Waals surface area contributed by atoms with Gasteiger partial charge in [0.1, 0.15) is 6.04 Å². The number of likely N-dealkylation sites (tertiary alicyclic amines) is 1. The van der Waals surface area contributed by atoms with Crippen molar-refractivity contribution in [3.8, 4) is 0 Å². The number of imide groups is 1. The number of amides is 2. The number of nitrogens with one attached hydrogen (secondary N) is 2. The maximum Gasteiger partial charge on any atom is 0.251 e. The van der Waals surface area contributed by atoms with Crippen molar-refractivity contribution in [2.75, 3.05) is 13.6 Å². The number of carbonyl (C=O) groups is 2. The Bertz CT molecular complexity index is 280. The summed E-state index contributed by atoms with van der Waals surface area (Å²) in [5, 5.41) is 6.07. The zero-order valence-corrected chi connectivity index (χ0v) is 8.98. The fraction of sp³-hybridized carbons (Fsp3) is 0.625. The molecule has 0 bridgehead atoms. The summed E-state index contributed by atoms with van der Waals surface area (Å²) < 4.78 is 0. The molecule has 1 unspecified atom stereocenters. The van der Waals surface area contributed by atoms with Crippen LogP contribution in [0.4, 0.5) is 0 Å². The zero-order valence-electron chi connectivity index (χ0n) is 8.16. The van der Waals surface area contributed by atoms with Crippen LogP contribution in [0.25, 0.3) is 0 Å². The molecule has 1 rings (SSSR count). The van der Waals surface area contributed by atoms with Crippen molar-refractivity contribution in [1.82, 2.24) is 15.5 Å². The molecule has 78 valence electrons. The number of hydrogen-bond donors (Lipinski definition) is 2. The standard InChI is InChI=1S/C8H13N3O2S/c1-3-9-8(14)10-5-4-6(12)11(2)7(5)13/h5H,3-4H2,1-2H3,(H2,9,10,14). The second-order valence-electron chi connectivity index (χ2n) is 3.05. The van der Waals surface area contributed by atoms with Gasteiger partial charge in [0.05, 0.1) is 6.42 Å². The molecule has 5 nitrogen and oxygen atoms in total. The Labute approximate surface area is 87.8 Å². The van der Waals surface area contributed by atoms with Crippen molar-refractivity contribution < 1.29 is 9.59 Å². The zero-order chi connectivity index (χ0) is 10.7. The molecular weight excluding hydrogens is 202 g/mol. The van der Waals surface area contributed by atoms with Crippen LogP contribution in [0.15, 0.2) is 0 Å². The Kier molecular flexibility index (Phi) is 3.40. The third-order valence-corrected chi connectivity index (χ3v) is 2.29. The van der Waals surface area contributed by atoms with Crippen LogP contribution in [-0.2, 0) is 9.59 Å². The Morgan fingerprint density at radius 2 is 2.29 bits per heavy atom. The molecule has 1 saturated heterocycles. The average molecular weight is 215 g/mol. The maximum atomic E-state index is 11.4. The average Bonchev–Trinajstić information content (AvgIpc) is 2.34. The van der Waals surface area contributed by atoms with Gasteiger partial charge in [-0.25, -0.2) is 0 Å². The number of carbonyl (C=O) groups excluding carboxylic acids is 2. The molecule has 14 heavy (non-hydrogen) atoms. The molecule has 2 amide bonds. The molecular formula is C8H13N3O2S. The number of hydrogen-bond acceptors (Lipinski definition) is 3. The quantitative estimate of drug-likeness (QED) is 0.468. The van der Waals surface area contributed by atoms with Crippen LogP contribution in [0.5, 0.6) is 0 Å². The van der Waals surface area contributed by atoms with Crippen LogP contribution in [-0.4, -0.2) is 41.5 Å². The molecule has 1 atom stereocenters. The van der Waals surface area contributed by atoms with Crippen LogP contribution in [0.2, 0.25) is 0 Å². The van der Waals surface area contributed by atoms with E-state index in [1.807, 2.05) is 6.92 Å². The van der Waals surface area contributed by atoms with Gasteiger partial charge in [0.25, 0.3) is 5.91 Å². The molecule has 6 heteroatoms. The van der Waals surface area contributed by atoms with Crippen LogP contribution in [0.3, 0.4) is 0 Å². The van der Waals surface area contributed by atoms with E-state index < -0.39 is 6.04 Å². The van der Waals surface area contributed by atoms with Gasteiger partial charge in [-0.1, -0.05) is 0 Å². The van der Waals surface area contributed by atoms with Crippen LogP contribution >= 0.6 is 12.2 Å². The smallest absolute Gasteiger partial charge is 0.251 e. The minimum absolute atomic E-state index is 0.174. The van der Waals surface area contributed by atoms with Gasteiger partial charge in [-0.05, 0) is 19.1 Å². The highest BCUT2D eigenvalue weighted by Gasteiger charge is 2.36. The van der Waals surface area contributed by atoms with E-state index in [2.05, 4.69) is 10.6 Å². The van der Waals surface area contributed by atoms with Gasteiger partial charge in [0, 0.05) is 13.6 Å². The second kappa shape index (κ2) is 4.36. The molecule has 1 aliphatic heterocycles. The fourth-order valence-corrected chi connectivity index (χ4v) is 1.52. The maximum absolute atomic E-state index is 11.4. The van der Waals surface area contributed by atoms with E-state index in [1.165, 1.54) is 7.05 Å². The van der Waals surface area contributed by atoms with Gasteiger partial charge >= 0.3 is 0 Å². The van der Waals surface area contributed by atoms with E-state index in [4.69, 9.17) is 12.2 Å². The minimum Gasteiger partial charge on any atom is -0.363 e. The molecule has 2 N–H and O–H groups in total. The van der Waals surface area contributed by atoms with E-state index in [0.717, 1.165) is 4.90 Å². The summed E-state index contributed by atoms with van der Waals surface area (Å²) in [6.07, 6.45) is 0.181. The first-order valence-electron chi connectivity index (χ1n) is 4.41. The highest BCUT2D eigenvalue weighted by Crippen LogP contribution is 2.09. The predicted octanol–water partition coefficient (Wildman–Crippen LogP) is -0.772. The van der Waals surface area contributed by atoms with Gasteiger partial charge in [0.2, 0.25) is 5.91 Å². The Balaban J connectivity index is 2.51. The van der Waals surface area contributed by atoms with Gasteiger partial charge in [-0.15, -0.1) is 0 Å². The topological polar surface area (TPSA) is 61.4 Å². The lowest BCUT2D eigenvalue weighted by Crippen LogP contribution is -2.45. The van der Waals surface area contributed by atoms with Crippen molar-refractivity contribution in [3.63, 3.8) is 0 Å². The third kappa shape index (κ3) is 2.20. The predicted molar refractivity (Wildman–Crippen MR) is 55.6 cm³/mol. The largest absolute Gasteiger partial charge is 0.363 e. The van der Waals surface area contributed by atoms with Gasteiger partial charge in [-0.3, -0.25) is 14.5 Å². The fourth-order valence-electron chi connectivity index (χ4n) is 1.24. The van der Waals surface area contributed by atoms with Crippen LogP contribution < -0.4 is 10.6 Å². The van der Waals surface area contributed by atoms with E-state index >= 15 is 0 Å². The van der Waals surface area contributed by atoms with E-state index in [1.54, 1.807) is 0 Å². The number of likely N-dealkylation sites (N-methyl/N-ethyl adjacent to an activating group) is 1. The summed E-state index contributed by atoms with van der Waals surface area (Å²) in [5.41, 5.74) is 0. The highest BCUT2D eigenvalue weighted by atomic mass is 32.1. The van der Waals surface area contributed by atoms with E-state index in [0.29, 0.717) is 11.7 Å². The molecule has 1 heterocycles. The van der Waals surface area contributed by atoms with Crippen molar-refractivity contribution >= 4 is 29.1 Å². The Hall–Kier alpha value is -1.17. The summed E-state index contributed by atoms with van der Waals surface area (Å²) >= 11 is 4.92. The van der Waals surface area contributed by atoms with Crippen molar-refractivity contribution in [2.45, 2.75) is 19.4 Å². The van der Waals surface area contributed by atoms with Crippen LogP contribution in [0.1, 0.15) is 13.3 Å². The number of thiocarbonyl (C=S) groups is 1. The Morgan fingerprint density at radius 3 is 2.71 bits per heavy atom. The van der Waals surface area contributed by atoms with Crippen molar-refractivity contribution in [3.05, 3.63) is 0 Å². The molecule has 0 aliphatic carbocycles. The SMILES string of the molecule is CCNC(=S)NC1CC(=O)N(C)C1=O. The normalized spacial score (nSPS) is 21.3. The lowest BCUT2D eigenvalue weighted by molar-refractivity contribution is -0.137. The molecule has 1 fully saturated rings. The summed E-state index contributed by atoms with van der Waals surface area (Å²) in [5.74, 6) is -0.401. The molecule has 0 spiro atoms. The molecule has 0 aromatic carbocycles. The van der Waals surface area contributed by atoms with Crippen molar-refractivity contribution in [2.24, 2.45) is 0 Å². The van der Waals surface area contributed by atoms with Crippen LogP contribution in [0, 0.1) is 0 Å². The second-order valence-corrected chi connectivity index (χ2v) is 3.46. The highest BCUT2D eigenvalue weighted by molar-refractivity contribution is 7.80. The molecule has 0 aromatic rings. The monoisotopic (exact) mass is 215 g/mol. The summed E-state index contributed by atoms with van der Waals surface area (Å²) in [6, 6.07) is -0.501. The number of rotatable bonds is 2. The molecule has 0 radical (unpaired) electrons. The minimum atomic E-state index is -0.501. The molecule has 0 aromatic heterocycles. The first-order valence-corrected chi connectivity index (χ1v) is 4.81. The van der Waals surface area contributed by atoms with E-state index in [-0.39, 0.29) is 18.2 Å². The van der Waals surface area contributed by atoms with Gasteiger partial charge in [-0.2, -0.15) is 0 Å². The van der Waals surface area contributed by atoms with E-state index in [9.17, 15) is 9.59 Å². The van der Waals surface area contributed by atoms with Gasteiger partial charge in [0.15, 0.2) is 5.11 Å². The Morgan fingerprint density at radius 1 is 1.64 bits per heavy atom. The summed E-state index contributed by atoms with van der Waals surface area (Å²) in [7, 11) is 1.47. The summed E-state index contributed by atoms with van der Waals surface area (Å²) in [4.78, 5) is 23.7. The van der Waals surface area contributed by atoms with Crippen molar-refractivity contribution in [1.29, 1.82) is 0 Å². The third-order valence-electron chi connectivity index (χ3n) is 2.02. The molecule has 1 aliphatic rings. The number of nitrogens with zero attached hydrogens (tertiary/aromatic N) is 1. The lowest BCUT2D eigenvalue weighted by Gasteiger charge is -2.13. The first kappa shape index (κ1) is 10.9. The van der Waals surface area contributed by atoms with Gasteiger partial charge < -0.3 is 10.6 Å². The lowest BCUT2D eigenvalue weighted by atomic mass is 10.2. The first-order chi connectivity index (χ1) is 6.56. The molecule has 0 saturated carbocycles.